The van der Waals surface area contributed by atoms with E-state index in [2.05, 4.69) is 33.5 Å². The molecule has 2 aromatic heterocycles. The van der Waals surface area contributed by atoms with Crippen LogP contribution >= 0.6 is 0 Å². The third kappa shape index (κ3) is 6.19. The van der Waals surface area contributed by atoms with Gasteiger partial charge in [0, 0.05) is 50.5 Å². The van der Waals surface area contributed by atoms with Gasteiger partial charge in [0.15, 0.2) is 0 Å². The molecule has 1 aliphatic heterocycles. The van der Waals surface area contributed by atoms with Crippen LogP contribution in [0.5, 0.6) is 5.75 Å². The summed E-state index contributed by atoms with van der Waals surface area (Å²) in [7, 11) is 3.41. The molecule has 4 rings (SSSR count). The van der Waals surface area contributed by atoms with Gasteiger partial charge in [-0.1, -0.05) is 6.07 Å². The number of ether oxygens (including phenoxy) is 1. The van der Waals surface area contributed by atoms with Gasteiger partial charge in [0.1, 0.15) is 11.2 Å². The zero-order chi connectivity index (χ0) is 27.3. The van der Waals surface area contributed by atoms with Crippen LogP contribution in [-0.2, 0) is 22.4 Å². The summed E-state index contributed by atoms with van der Waals surface area (Å²) in [5, 5.41) is 3.69. The predicted molar refractivity (Wildman–Crippen MR) is 150 cm³/mol. The highest BCUT2D eigenvalue weighted by Crippen LogP contribution is 2.39. The van der Waals surface area contributed by atoms with Gasteiger partial charge >= 0.3 is 0 Å². The standard InChI is InChI=1S/C30H37N5O3/c1-21-16-22(11-14-32-21)17-24(18-23-8-6-12-31-20-23)33-13-7-15-38-25-9-10-26-27(19-25)35(5)29(37)30(2,3)28(36)34(26)4/h6,8-12,14,16,19-20,24,33H,7,13,15,17-18H2,1-5H3. The van der Waals surface area contributed by atoms with Gasteiger partial charge in [0.2, 0.25) is 11.8 Å². The molecule has 0 spiro atoms. The van der Waals surface area contributed by atoms with Crippen LogP contribution in [0, 0.1) is 12.3 Å². The summed E-state index contributed by atoms with van der Waals surface area (Å²) in [6.07, 6.45) is 8.16. The van der Waals surface area contributed by atoms with Gasteiger partial charge in [-0.2, -0.15) is 0 Å². The number of anilines is 2. The van der Waals surface area contributed by atoms with Crippen molar-refractivity contribution in [1.82, 2.24) is 15.3 Å². The fourth-order valence-electron chi connectivity index (χ4n) is 4.90. The minimum atomic E-state index is -1.13. The number of aryl methyl sites for hydroxylation is 1. The summed E-state index contributed by atoms with van der Waals surface area (Å²) in [5.41, 5.74) is 3.69. The van der Waals surface area contributed by atoms with Crippen molar-refractivity contribution in [2.24, 2.45) is 5.41 Å². The van der Waals surface area contributed by atoms with Crippen molar-refractivity contribution in [2.45, 2.75) is 46.1 Å². The summed E-state index contributed by atoms with van der Waals surface area (Å²) < 4.78 is 6.04. The summed E-state index contributed by atoms with van der Waals surface area (Å²) in [6, 6.07) is 14.1. The summed E-state index contributed by atoms with van der Waals surface area (Å²) in [6.45, 7) is 6.66. The van der Waals surface area contributed by atoms with Crippen LogP contribution in [0.4, 0.5) is 11.4 Å². The Morgan fingerprint density at radius 1 is 0.947 bits per heavy atom. The first-order valence-corrected chi connectivity index (χ1v) is 13.0. The van der Waals surface area contributed by atoms with E-state index in [4.69, 9.17) is 4.74 Å². The van der Waals surface area contributed by atoms with Crippen LogP contribution in [0.3, 0.4) is 0 Å². The number of pyridine rings is 2. The Morgan fingerprint density at radius 2 is 1.68 bits per heavy atom. The summed E-state index contributed by atoms with van der Waals surface area (Å²) in [5.74, 6) is 0.206. The number of fused-ring (bicyclic) bond motifs is 1. The van der Waals surface area contributed by atoms with Crippen LogP contribution in [0.15, 0.2) is 61.1 Å². The molecule has 2 amide bonds. The van der Waals surface area contributed by atoms with Crippen LogP contribution in [0.2, 0.25) is 0 Å². The lowest BCUT2D eigenvalue weighted by atomic mass is 9.90. The van der Waals surface area contributed by atoms with E-state index in [1.54, 1.807) is 43.9 Å². The Bertz CT molecular complexity index is 1280. The zero-order valence-electron chi connectivity index (χ0n) is 22.9. The van der Waals surface area contributed by atoms with Gasteiger partial charge in [-0.15, -0.1) is 0 Å². The van der Waals surface area contributed by atoms with Crippen molar-refractivity contribution in [3.8, 4) is 5.75 Å². The molecule has 8 heteroatoms. The van der Waals surface area contributed by atoms with Crippen molar-refractivity contribution in [3.63, 3.8) is 0 Å². The third-order valence-electron chi connectivity index (χ3n) is 7.02. The van der Waals surface area contributed by atoms with E-state index in [9.17, 15) is 9.59 Å². The second-order valence-electron chi connectivity index (χ2n) is 10.4. The van der Waals surface area contributed by atoms with E-state index in [1.165, 1.54) is 11.1 Å². The quantitative estimate of drug-likeness (QED) is 0.325. The number of rotatable bonds is 10. The van der Waals surface area contributed by atoms with Crippen LogP contribution < -0.4 is 19.9 Å². The molecule has 1 atom stereocenters. The normalized spacial score (nSPS) is 15.7. The SMILES string of the molecule is Cc1cc(CC(Cc2cccnc2)NCCCOc2ccc3c(c2)N(C)C(=O)C(C)(C)C(=O)N3C)ccn1. The Labute approximate surface area is 225 Å². The number of amides is 2. The Balaban J connectivity index is 1.35. The molecule has 0 bridgehead atoms. The molecule has 3 heterocycles. The molecule has 3 aromatic rings. The van der Waals surface area contributed by atoms with Gasteiger partial charge < -0.3 is 19.9 Å². The fourth-order valence-corrected chi connectivity index (χ4v) is 4.90. The lowest BCUT2D eigenvalue weighted by Crippen LogP contribution is -2.46. The first kappa shape index (κ1) is 27.3. The molecule has 38 heavy (non-hydrogen) atoms. The minimum Gasteiger partial charge on any atom is -0.493 e. The fraction of sp³-hybridized carbons (Fsp3) is 0.400. The summed E-state index contributed by atoms with van der Waals surface area (Å²) >= 11 is 0. The van der Waals surface area contributed by atoms with Crippen molar-refractivity contribution < 1.29 is 14.3 Å². The minimum absolute atomic E-state index is 0.226. The van der Waals surface area contributed by atoms with E-state index in [1.807, 2.05) is 43.6 Å². The molecule has 1 N–H and O–H groups in total. The summed E-state index contributed by atoms with van der Waals surface area (Å²) in [4.78, 5) is 37.5. The predicted octanol–water partition coefficient (Wildman–Crippen LogP) is 3.96. The van der Waals surface area contributed by atoms with Crippen molar-refractivity contribution in [2.75, 3.05) is 37.0 Å². The third-order valence-corrected chi connectivity index (χ3v) is 7.02. The number of benzene rings is 1. The second-order valence-corrected chi connectivity index (χ2v) is 10.4. The zero-order valence-corrected chi connectivity index (χ0v) is 22.9. The molecule has 0 fully saturated rings. The Morgan fingerprint density at radius 3 is 2.39 bits per heavy atom. The van der Waals surface area contributed by atoms with E-state index < -0.39 is 5.41 Å². The number of nitrogens with zero attached hydrogens (tertiary/aromatic N) is 4. The highest BCUT2D eigenvalue weighted by molar-refractivity contribution is 6.19. The maximum Gasteiger partial charge on any atom is 0.241 e. The molecular formula is C30H37N5O3. The molecule has 0 radical (unpaired) electrons. The van der Waals surface area contributed by atoms with E-state index >= 15 is 0 Å². The van der Waals surface area contributed by atoms with Crippen LogP contribution in [0.1, 0.15) is 37.1 Å². The van der Waals surface area contributed by atoms with E-state index in [0.717, 1.165) is 31.5 Å². The molecule has 0 saturated carbocycles. The number of aromatic nitrogens is 2. The van der Waals surface area contributed by atoms with Gasteiger partial charge in [-0.25, -0.2) is 0 Å². The van der Waals surface area contributed by atoms with Crippen LogP contribution in [0.25, 0.3) is 0 Å². The molecule has 1 unspecified atom stereocenters. The lowest BCUT2D eigenvalue weighted by molar-refractivity contribution is -0.137. The van der Waals surface area contributed by atoms with Gasteiger partial charge in [-0.3, -0.25) is 19.6 Å². The number of nitrogens with one attached hydrogen (secondary N) is 1. The van der Waals surface area contributed by atoms with Crippen molar-refractivity contribution >= 4 is 23.2 Å². The largest absolute Gasteiger partial charge is 0.493 e. The van der Waals surface area contributed by atoms with Crippen LogP contribution in [-0.4, -0.2) is 55.1 Å². The topological polar surface area (TPSA) is 87.7 Å². The number of hydrogen-bond acceptors (Lipinski definition) is 6. The maximum atomic E-state index is 13.0. The van der Waals surface area contributed by atoms with E-state index in [-0.39, 0.29) is 17.9 Å². The Kier molecular flexibility index (Phi) is 8.42. The highest BCUT2D eigenvalue weighted by atomic mass is 16.5. The lowest BCUT2D eigenvalue weighted by Gasteiger charge is -2.25. The van der Waals surface area contributed by atoms with Gasteiger partial charge in [0.25, 0.3) is 0 Å². The molecule has 8 nitrogen and oxygen atoms in total. The smallest absolute Gasteiger partial charge is 0.241 e. The number of hydrogen-bond donors (Lipinski definition) is 1. The molecule has 200 valence electrons. The average Bonchev–Trinajstić information content (AvgIpc) is 2.95. The van der Waals surface area contributed by atoms with Gasteiger partial charge in [-0.05, 0) is 88.0 Å². The monoisotopic (exact) mass is 515 g/mol. The molecular weight excluding hydrogens is 478 g/mol. The van der Waals surface area contributed by atoms with Gasteiger partial charge in [0.05, 0.1) is 18.0 Å². The molecule has 0 saturated heterocycles. The number of carbonyl (C=O) groups excluding carboxylic acids is 2. The van der Waals surface area contributed by atoms with E-state index in [0.29, 0.717) is 23.7 Å². The second kappa shape index (κ2) is 11.7. The average molecular weight is 516 g/mol. The van der Waals surface area contributed by atoms with Crippen molar-refractivity contribution in [1.29, 1.82) is 0 Å². The molecule has 0 aliphatic carbocycles. The van der Waals surface area contributed by atoms with Crippen molar-refractivity contribution in [3.05, 3.63) is 77.9 Å². The number of carbonyl (C=O) groups is 2. The Hall–Kier alpha value is -3.78. The molecule has 1 aromatic carbocycles. The highest BCUT2D eigenvalue weighted by Gasteiger charge is 2.44. The first-order valence-electron chi connectivity index (χ1n) is 13.0. The maximum absolute atomic E-state index is 13.0. The first-order chi connectivity index (χ1) is 18.2. The molecule has 1 aliphatic rings.